The summed E-state index contributed by atoms with van der Waals surface area (Å²) in [5.74, 6) is -1.64. The minimum absolute atomic E-state index is 0.191. The first-order valence-corrected chi connectivity index (χ1v) is 7.60. The molecule has 0 spiro atoms. The number of urea groups is 1. The highest BCUT2D eigenvalue weighted by Crippen LogP contribution is 2.26. The van der Waals surface area contributed by atoms with Gasteiger partial charge in [-0.3, -0.25) is 19.8 Å². The first-order valence-electron chi connectivity index (χ1n) is 5.92. The van der Waals surface area contributed by atoms with E-state index in [4.69, 9.17) is 0 Å². The van der Waals surface area contributed by atoms with E-state index >= 15 is 0 Å². The second-order valence-corrected chi connectivity index (χ2v) is 6.11. The summed E-state index contributed by atoms with van der Waals surface area (Å²) in [6, 6.07) is 1.23. The van der Waals surface area contributed by atoms with Crippen molar-refractivity contribution in [3.05, 3.63) is 20.8 Å². The van der Waals surface area contributed by atoms with E-state index in [1.54, 1.807) is 0 Å². The van der Waals surface area contributed by atoms with Crippen LogP contribution in [0.4, 0.5) is 4.79 Å². The van der Waals surface area contributed by atoms with Gasteiger partial charge in [0.2, 0.25) is 11.8 Å². The summed E-state index contributed by atoms with van der Waals surface area (Å²) in [4.78, 5) is 37.6. The van der Waals surface area contributed by atoms with E-state index in [0.717, 1.165) is 14.2 Å². The van der Waals surface area contributed by atoms with Crippen LogP contribution >= 0.6 is 27.3 Å². The molecule has 1 aliphatic heterocycles. The van der Waals surface area contributed by atoms with E-state index in [-0.39, 0.29) is 6.54 Å². The number of amides is 4. The van der Waals surface area contributed by atoms with Crippen LogP contribution in [0.25, 0.3) is 0 Å². The lowest BCUT2D eigenvalue weighted by atomic mass is 9.99. The van der Waals surface area contributed by atoms with Crippen LogP contribution < -0.4 is 5.32 Å². The molecule has 0 aromatic carbocycles. The third-order valence-electron chi connectivity index (χ3n) is 2.93. The number of thiophene rings is 1. The fraction of sp³-hybridized carbons (Fsp3) is 0.417. The molecule has 0 bridgehead atoms. The molecule has 4 amide bonds. The maximum atomic E-state index is 12.2. The van der Waals surface area contributed by atoms with Crippen LogP contribution in [0, 0.1) is 5.92 Å². The third-order valence-corrected chi connectivity index (χ3v) is 4.84. The number of hydrogen-bond acceptors (Lipinski definition) is 4. The smallest absolute Gasteiger partial charge is 0.277 e. The van der Waals surface area contributed by atoms with Gasteiger partial charge in [0, 0.05) is 9.35 Å². The predicted molar refractivity (Wildman–Crippen MR) is 74.5 cm³/mol. The van der Waals surface area contributed by atoms with E-state index < -0.39 is 23.8 Å². The van der Waals surface area contributed by atoms with Gasteiger partial charge in [0.05, 0.1) is 6.54 Å². The van der Waals surface area contributed by atoms with E-state index in [0.29, 0.717) is 12.8 Å². The molecule has 1 N–H and O–H groups in total. The molecule has 1 unspecified atom stereocenters. The van der Waals surface area contributed by atoms with Crippen molar-refractivity contribution in [2.45, 2.75) is 26.3 Å². The molecule has 1 atom stereocenters. The minimum Gasteiger partial charge on any atom is -0.277 e. The fourth-order valence-corrected chi connectivity index (χ4v) is 3.40. The Hall–Kier alpha value is -1.21. The van der Waals surface area contributed by atoms with Gasteiger partial charge in [0.1, 0.15) is 5.92 Å². The van der Waals surface area contributed by atoms with Crippen molar-refractivity contribution in [1.29, 1.82) is 0 Å². The molecular weight excluding hydrogens is 332 g/mol. The molecule has 1 aliphatic rings. The lowest BCUT2D eigenvalue weighted by Gasteiger charge is -2.29. The number of nitrogens with one attached hydrogen (secondary N) is 1. The Labute approximate surface area is 123 Å². The quantitative estimate of drug-likeness (QED) is 0.853. The maximum absolute atomic E-state index is 12.2. The largest absolute Gasteiger partial charge is 0.331 e. The molecule has 1 aromatic rings. The van der Waals surface area contributed by atoms with Crippen LogP contribution in [0.2, 0.25) is 0 Å². The van der Waals surface area contributed by atoms with Crippen LogP contribution in [0.3, 0.4) is 0 Å². The lowest BCUT2D eigenvalue weighted by molar-refractivity contribution is -0.143. The van der Waals surface area contributed by atoms with Gasteiger partial charge in [-0.25, -0.2) is 4.79 Å². The highest BCUT2D eigenvalue weighted by molar-refractivity contribution is 9.10. The van der Waals surface area contributed by atoms with Crippen molar-refractivity contribution < 1.29 is 14.4 Å². The Morgan fingerprint density at radius 2 is 2.16 bits per heavy atom. The van der Waals surface area contributed by atoms with E-state index in [1.165, 1.54) is 11.3 Å². The zero-order valence-corrected chi connectivity index (χ0v) is 12.7. The van der Waals surface area contributed by atoms with Gasteiger partial charge in [-0.1, -0.05) is 13.3 Å². The molecule has 1 aromatic heterocycles. The Bertz CT molecular complexity index is 529. The second kappa shape index (κ2) is 5.83. The molecule has 102 valence electrons. The molecule has 19 heavy (non-hydrogen) atoms. The van der Waals surface area contributed by atoms with Gasteiger partial charge in [-0.2, -0.15) is 0 Å². The van der Waals surface area contributed by atoms with Gasteiger partial charge in [0.25, 0.3) is 0 Å². The molecule has 2 heterocycles. The van der Waals surface area contributed by atoms with Crippen LogP contribution in [0.5, 0.6) is 0 Å². The topological polar surface area (TPSA) is 66.5 Å². The van der Waals surface area contributed by atoms with Gasteiger partial charge in [-0.15, -0.1) is 11.3 Å². The summed E-state index contributed by atoms with van der Waals surface area (Å²) in [6.07, 6.45) is 1.18. The number of hydrogen-bond donors (Lipinski definition) is 1. The number of carbonyl (C=O) groups is 3. The first kappa shape index (κ1) is 14.2. The average molecular weight is 345 g/mol. The van der Waals surface area contributed by atoms with Crippen LogP contribution in [0.15, 0.2) is 15.9 Å². The van der Waals surface area contributed by atoms with Crippen molar-refractivity contribution in [3.8, 4) is 0 Å². The first-order chi connectivity index (χ1) is 9.04. The summed E-state index contributed by atoms with van der Waals surface area (Å²) in [5, 5.41) is 4.12. The fourth-order valence-electron chi connectivity index (χ4n) is 1.93. The molecule has 0 radical (unpaired) electrons. The van der Waals surface area contributed by atoms with Crippen LogP contribution in [-0.2, 0) is 16.1 Å². The van der Waals surface area contributed by atoms with Gasteiger partial charge in [-0.05, 0) is 33.8 Å². The van der Waals surface area contributed by atoms with Gasteiger partial charge in [0.15, 0.2) is 0 Å². The number of barbiturate groups is 1. The number of carbonyl (C=O) groups excluding carboxylic acids is 3. The summed E-state index contributed by atoms with van der Waals surface area (Å²) in [6.45, 7) is 2.09. The van der Waals surface area contributed by atoms with Crippen molar-refractivity contribution in [1.82, 2.24) is 10.2 Å². The van der Waals surface area contributed by atoms with Gasteiger partial charge < -0.3 is 0 Å². The SMILES string of the molecule is CCCC1C(=O)NC(=O)N(Cc2sccc2Br)C1=O. The Morgan fingerprint density at radius 3 is 2.74 bits per heavy atom. The molecule has 5 nitrogen and oxygen atoms in total. The standard InChI is InChI=1S/C12H13BrN2O3S/c1-2-3-7-10(16)14-12(18)15(11(7)17)6-9-8(13)4-5-19-9/h4-5,7H,2-3,6H2,1H3,(H,14,16,18). The summed E-state index contributed by atoms with van der Waals surface area (Å²) in [7, 11) is 0. The Morgan fingerprint density at radius 1 is 1.42 bits per heavy atom. The van der Waals surface area contributed by atoms with Crippen molar-refractivity contribution in [2.24, 2.45) is 5.92 Å². The molecule has 1 saturated heterocycles. The van der Waals surface area contributed by atoms with Crippen molar-refractivity contribution >= 4 is 45.1 Å². The lowest BCUT2D eigenvalue weighted by Crippen LogP contribution is -2.57. The molecular formula is C12H13BrN2O3S. The Balaban J connectivity index is 2.19. The zero-order chi connectivity index (χ0) is 14.0. The zero-order valence-electron chi connectivity index (χ0n) is 10.3. The molecule has 1 fully saturated rings. The molecule has 7 heteroatoms. The Kier molecular flexibility index (Phi) is 4.36. The van der Waals surface area contributed by atoms with Crippen LogP contribution in [-0.4, -0.2) is 22.7 Å². The predicted octanol–water partition coefficient (Wildman–Crippen LogP) is 2.51. The summed E-state index contributed by atoms with van der Waals surface area (Å²) < 4.78 is 0.863. The molecule has 2 rings (SSSR count). The average Bonchev–Trinajstić information content (AvgIpc) is 2.76. The highest BCUT2D eigenvalue weighted by Gasteiger charge is 2.39. The maximum Gasteiger partial charge on any atom is 0.331 e. The minimum atomic E-state index is -0.749. The normalized spacial score (nSPS) is 19.8. The van der Waals surface area contributed by atoms with E-state index in [1.807, 2.05) is 18.4 Å². The summed E-state index contributed by atoms with van der Waals surface area (Å²) >= 11 is 4.82. The number of imide groups is 2. The van der Waals surface area contributed by atoms with E-state index in [9.17, 15) is 14.4 Å². The summed E-state index contributed by atoms with van der Waals surface area (Å²) in [5.41, 5.74) is 0. The second-order valence-electron chi connectivity index (χ2n) is 4.25. The number of rotatable bonds is 4. The monoisotopic (exact) mass is 344 g/mol. The van der Waals surface area contributed by atoms with E-state index in [2.05, 4.69) is 21.2 Å². The van der Waals surface area contributed by atoms with Crippen molar-refractivity contribution in [2.75, 3.05) is 0 Å². The number of halogens is 1. The number of nitrogens with zero attached hydrogens (tertiary/aromatic N) is 1. The molecule has 0 aliphatic carbocycles. The third kappa shape index (κ3) is 2.87. The van der Waals surface area contributed by atoms with Crippen molar-refractivity contribution in [3.63, 3.8) is 0 Å². The van der Waals surface area contributed by atoms with Crippen LogP contribution in [0.1, 0.15) is 24.6 Å². The van der Waals surface area contributed by atoms with Gasteiger partial charge >= 0.3 is 6.03 Å². The molecule has 0 saturated carbocycles. The highest BCUT2D eigenvalue weighted by atomic mass is 79.9.